The minimum absolute atomic E-state index is 0.0905. The van der Waals surface area contributed by atoms with Gasteiger partial charge in [0.15, 0.2) is 17.2 Å². The Morgan fingerprint density at radius 3 is 2.46 bits per heavy atom. The number of fused-ring (bicyclic) bond motifs is 1. The molecule has 0 radical (unpaired) electrons. The third kappa shape index (κ3) is 4.88. The van der Waals surface area contributed by atoms with Gasteiger partial charge in [-0.3, -0.25) is 0 Å². The van der Waals surface area contributed by atoms with Crippen LogP contribution in [0.3, 0.4) is 0 Å². The average Bonchev–Trinajstić information content (AvgIpc) is 2.92. The second-order valence-electron chi connectivity index (χ2n) is 8.71. The summed E-state index contributed by atoms with van der Waals surface area (Å²) in [6.07, 6.45) is 1.94. The van der Waals surface area contributed by atoms with Gasteiger partial charge in [0.05, 0.1) is 18.9 Å². The van der Waals surface area contributed by atoms with Crippen molar-refractivity contribution < 1.29 is 19.0 Å². The van der Waals surface area contributed by atoms with Crippen LogP contribution in [0.4, 0.5) is 0 Å². The Hall–Kier alpha value is -4.29. The number of rotatable bonds is 7. The number of aromatic nitrogens is 2. The highest BCUT2D eigenvalue weighted by Crippen LogP contribution is 2.30. The van der Waals surface area contributed by atoms with Crippen molar-refractivity contribution in [3.05, 3.63) is 123 Å². The summed E-state index contributed by atoms with van der Waals surface area (Å²) in [5.74, 6) is 1.35. The van der Waals surface area contributed by atoms with E-state index in [4.69, 9.17) is 21.1 Å². The van der Waals surface area contributed by atoms with Crippen molar-refractivity contribution in [2.45, 2.75) is 20.1 Å². The molecule has 0 fully saturated rings. The molecule has 37 heavy (non-hydrogen) atoms. The Kier molecular flexibility index (Phi) is 6.84. The van der Waals surface area contributed by atoms with Crippen LogP contribution >= 0.6 is 11.6 Å². The Morgan fingerprint density at radius 2 is 1.70 bits per heavy atom. The maximum atomic E-state index is 13.6. The van der Waals surface area contributed by atoms with Crippen molar-refractivity contribution in [3.63, 3.8) is 0 Å². The second kappa shape index (κ2) is 10.4. The van der Waals surface area contributed by atoms with E-state index in [1.165, 1.54) is 0 Å². The predicted octanol–water partition coefficient (Wildman–Crippen LogP) is 5.56. The molecule has 0 aliphatic heterocycles. The van der Waals surface area contributed by atoms with Gasteiger partial charge in [0.1, 0.15) is 18.9 Å². The molecule has 0 saturated heterocycles. The molecule has 0 aliphatic carbocycles. The Labute approximate surface area is 219 Å². The van der Waals surface area contributed by atoms with Gasteiger partial charge in [0, 0.05) is 22.2 Å². The summed E-state index contributed by atoms with van der Waals surface area (Å²) in [6, 6.07) is 25.8. The van der Waals surface area contributed by atoms with Crippen LogP contribution in [0.25, 0.3) is 16.9 Å². The summed E-state index contributed by atoms with van der Waals surface area (Å²) in [5.41, 5.74) is 4.69. The number of aromatic hydroxyl groups is 1. The van der Waals surface area contributed by atoms with Crippen LogP contribution in [-0.2, 0) is 13.2 Å². The van der Waals surface area contributed by atoms with Gasteiger partial charge in [-0.1, -0.05) is 41.9 Å². The van der Waals surface area contributed by atoms with Crippen LogP contribution in [-0.4, -0.2) is 16.8 Å². The van der Waals surface area contributed by atoms with E-state index in [0.29, 0.717) is 35.2 Å². The zero-order valence-electron chi connectivity index (χ0n) is 20.5. The summed E-state index contributed by atoms with van der Waals surface area (Å²) >= 11 is 6.26. The van der Waals surface area contributed by atoms with Gasteiger partial charge in [-0.15, -0.1) is 0 Å². The first-order chi connectivity index (χ1) is 18.0. The molecule has 6 nitrogen and oxygen atoms in total. The van der Waals surface area contributed by atoms with E-state index in [9.17, 15) is 9.90 Å². The number of pyridine rings is 1. The van der Waals surface area contributed by atoms with Crippen molar-refractivity contribution in [1.82, 2.24) is 4.57 Å². The van der Waals surface area contributed by atoms with Gasteiger partial charge < -0.3 is 14.6 Å². The lowest BCUT2D eigenvalue weighted by Gasteiger charge is -2.14. The molecule has 1 N–H and O–H groups in total. The molecule has 0 unspecified atom stereocenters. The fraction of sp³-hybridized carbons (Fsp3) is 0.133. The number of methoxy groups -OCH3 is 1. The van der Waals surface area contributed by atoms with E-state index in [0.717, 1.165) is 28.0 Å². The third-order valence-electron chi connectivity index (χ3n) is 6.33. The van der Waals surface area contributed by atoms with Gasteiger partial charge in [0.25, 0.3) is 5.65 Å². The molecule has 2 aromatic heterocycles. The van der Waals surface area contributed by atoms with Crippen molar-refractivity contribution in [1.29, 1.82) is 0 Å². The fourth-order valence-electron chi connectivity index (χ4n) is 4.44. The first kappa shape index (κ1) is 24.4. The van der Waals surface area contributed by atoms with Crippen molar-refractivity contribution >= 4 is 17.2 Å². The van der Waals surface area contributed by atoms with E-state index in [1.54, 1.807) is 23.8 Å². The molecule has 0 amide bonds. The van der Waals surface area contributed by atoms with Gasteiger partial charge in [-0.2, -0.15) is 8.97 Å². The SMILES string of the molecule is COc1cc(Cn2c(=O)c(C)c(-c3ccc(O)cc3)[n+]3ccccc23)ccc1OCc1ccccc1Cl. The summed E-state index contributed by atoms with van der Waals surface area (Å²) < 4.78 is 15.3. The molecule has 0 aliphatic rings. The highest BCUT2D eigenvalue weighted by molar-refractivity contribution is 6.31. The molecule has 186 valence electrons. The van der Waals surface area contributed by atoms with Crippen LogP contribution in [0, 0.1) is 6.92 Å². The lowest BCUT2D eigenvalue weighted by Crippen LogP contribution is -2.38. The zero-order valence-corrected chi connectivity index (χ0v) is 21.3. The van der Waals surface area contributed by atoms with Gasteiger partial charge >= 0.3 is 5.56 Å². The van der Waals surface area contributed by atoms with E-state index >= 15 is 0 Å². The lowest BCUT2D eigenvalue weighted by atomic mass is 10.1. The smallest absolute Gasteiger partial charge is 0.341 e. The number of benzene rings is 3. The largest absolute Gasteiger partial charge is 0.508 e. The number of halogens is 1. The molecular formula is C30H26ClN2O4+. The first-order valence-electron chi connectivity index (χ1n) is 11.8. The highest BCUT2D eigenvalue weighted by atomic mass is 35.5. The average molecular weight is 514 g/mol. The lowest BCUT2D eigenvalue weighted by molar-refractivity contribution is -0.504. The van der Waals surface area contributed by atoms with Crippen molar-refractivity contribution in [2.24, 2.45) is 0 Å². The van der Waals surface area contributed by atoms with Crippen molar-refractivity contribution in [3.8, 4) is 28.5 Å². The van der Waals surface area contributed by atoms with Gasteiger partial charge in [-0.25, -0.2) is 4.79 Å². The monoisotopic (exact) mass is 513 g/mol. The number of phenolic OH excluding ortho intramolecular Hbond substituents is 1. The number of hydrogen-bond acceptors (Lipinski definition) is 4. The molecule has 7 heteroatoms. The molecular weight excluding hydrogens is 488 g/mol. The molecule has 0 bridgehead atoms. The summed E-state index contributed by atoms with van der Waals surface area (Å²) in [5, 5.41) is 10.4. The Bertz CT molecular complexity index is 1640. The van der Waals surface area contributed by atoms with E-state index in [2.05, 4.69) is 0 Å². The molecule has 0 atom stereocenters. The van der Waals surface area contributed by atoms with Crippen LogP contribution in [0.1, 0.15) is 16.7 Å². The van der Waals surface area contributed by atoms with E-state index in [1.807, 2.05) is 90.3 Å². The molecule has 0 spiro atoms. The van der Waals surface area contributed by atoms with Gasteiger partial charge in [-0.05, 0) is 61.0 Å². The number of hydrogen-bond donors (Lipinski definition) is 1. The Balaban J connectivity index is 1.51. The molecule has 0 saturated carbocycles. The van der Waals surface area contributed by atoms with E-state index < -0.39 is 0 Å². The van der Waals surface area contributed by atoms with Crippen LogP contribution in [0.2, 0.25) is 5.02 Å². The predicted molar refractivity (Wildman–Crippen MR) is 144 cm³/mol. The maximum Gasteiger partial charge on any atom is 0.341 e. The second-order valence-corrected chi connectivity index (χ2v) is 9.11. The molecule has 5 rings (SSSR count). The minimum Gasteiger partial charge on any atom is -0.508 e. The maximum absolute atomic E-state index is 13.6. The van der Waals surface area contributed by atoms with Crippen molar-refractivity contribution in [2.75, 3.05) is 7.11 Å². The third-order valence-corrected chi connectivity index (χ3v) is 6.70. The van der Waals surface area contributed by atoms with Crippen LogP contribution in [0.5, 0.6) is 17.2 Å². The molecule has 3 aromatic carbocycles. The quantitative estimate of drug-likeness (QED) is 0.289. The minimum atomic E-state index is -0.0905. The topological polar surface area (TPSA) is 64.8 Å². The first-order valence-corrected chi connectivity index (χ1v) is 12.2. The fourth-order valence-corrected chi connectivity index (χ4v) is 4.63. The standard InChI is InChI=1S/C30H25ClN2O4/c1-20-29(22-11-13-24(34)14-12-22)32-16-6-5-9-28(32)33(30(20)35)18-21-10-15-26(27(17-21)36-2)37-19-23-7-3-4-8-25(23)31/h3-17H,18-19H2,1-2H3/p+1. The molecule has 5 aromatic rings. The summed E-state index contributed by atoms with van der Waals surface area (Å²) in [4.78, 5) is 13.6. The number of phenols is 1. The normalized spacial score (nSPS) is 11.0. The van der Waals surface area contributed by atoms with E-state index in [-0.39, 0.29) is 11.3 Å². The number of nitrogens with zero attached hydrogens (tertiary/aromatic N) is 2. The zero-order chi connectivity index (χ0) is 25.9. The van der Waals surface area contributed by atoms with Crippen LogP contribution < -0.4 is 19.4 Å². The molecule has 2 heterocycles. The Morgan fingerprint density at radius 1 is 0.946 bits per heavy atom. The summed E-state index contributed by atoms with van der Waals surface area (Å²) in [6.45, 7) is 2.49. The number of ether oxygens (including phenoxy) is 2. The highest BCUT2D eigenvalue weighted by Gasteiger charge is 2.23. The van der Waals surface area contributed by atoms with Crippen LogP contribution in [0.15, 0.2) is 95.9 Å². The summed E-state index contributed by atoms with van der Waals surface area (Å²) in [7, 11) is 1.59. The van der Waals surface area contributed by atoms with Gasteiger partial charge in [0.2, 0.25) is 0 Å².